The minimum Gasteiger partial charge on any atom is -0.490 e. The van der Waals surface area contributed by atoms with E-state index < -0.39 is 10.0 Å². The van der Waals surface area contributed by atoms with Crippen molar-refractivity contribution in [2.75, 3.05) is 20.3 Å². The SMILES string of the molecule is CCOc1ccccc1OCC(=O)NCc1ccc(S(=O)(=O)N(C)C(C)C)cc1. The van der Waals surface area contributed by atoms with Crippen molar-refractivity contribution < 1.29 is 22.7 Å². The lowest BCUT2D eigenvalue weighted by Gasteiger charge is -2.21. The van der Waals surface area contributed by atoms with Crippen LogP contribution in [-0.4, -0.2) is 44.9 Å². The molecule has 0 unspecified atom stereocenters. The van der Waals surface area contributed by atoms with E-state index >= 15 is 0 Å². The summed E-state index contributed by atoms with van der Waals surface area (Å²) < 4.78 is 37.3. The zero-order chi connectivity index (χ0) is 21.4. The van der Waals surface area contributed by atoms with Crippen LogP contribution in [0.3, 0.4) is 0 Å². The Morgan fingerprint density at radius 3 is 2.17 bits per heavy atom. The molecular formula is C21H28N2O5S. The van der Waals surface area contributed by atoms with Gasteiger partial charge in [0.2, 0.25) is 10.0 Å². The third-order valence-corrected chi connectivity index (χ3v) is 6.37. The van der Waals surface area contributed by atoms with E-state index in [-0.39, 0.29) is 30.0 Å². The van der Waals surface area contributed by atoms with Gasteiger partial charge in [0.1, 0.15) is 0 Å². The van der Waals surface area contributed by atoms with Gasteiger partial charge in [-0.25, -0.2) is 8.42 Å². The molecule has 0 saturated heterocycles. The van der Waals surface area contributed by atoms with Crippen molar-refractivity contribution in [3.63, 3.8) is 0 Å². The van der Waals surface area contributed by atoms with Crippen molar-refractivity contribution in [1.82, 2.24) is 9.62 Å². The molecule has 0 aliphatic carbocycles. The highest BCUT2D eigenvalue weighted by Crippen LogP contribution is 2.26. The Balaban J connectivity index is 1.90. The minimum atomic E-state index is -3.52. The number of hydrogen-bond donors (Lipinski definition) is 1. The largest absolute Gasteiger partial charge is 0.490 e. The number of sulfonamides is 1. The Morgan fingerprint density at radius 1 is 1.03 bits per heavy atom. The predicted octanol–water partition coefficient (Wildman–Crippen LogP) is 2.81. The summed E-state index contributed by atoms with van der Waals surface area (Å²) in [7, 11) is -1.97. The summed E-state index contributed by atoms with van der Waals surface area (Å²) in [6, 6.07) is 13.5. The van der Waals surface area contributed by atoms with Gasteiger partial charge < -0.3 is 14.8 Å². The van der Waals surface area contributed by atoms with E-state index in [2.05, 4.69) is 5.32 Å². The molecule has 0 aliphatic rings. The molecule has 0 aliphatic heterocycles. The lowest BCUT2D eigenvalue weighted by Crippen LogP contribution is -2.33. The third-order valence-electron chi connectivity index (χ3n) is 4.33. The first-order valence-electron chi connectivity index (χ1n) is 9.44. The molecule has 0 aromatic heterocycles. The summed E-state index contributed by atoms with van der Waals surface area (Å²) >= 11 is 0. The Bertz CT molecular complexity index is 911. The number of benzene rings is 2. The second-order valence-electron chi connectivity index (χ2n) is 6.70. The number of nitrogens with zero attached hydrogens (tertiary/aromatic N) is 1. The van der Waals surface area contributed by atoms with Crippen molar-refractivity contribution in [3.05, 3.63) is 54.1 Å². The quantitative estimate of drug-likeness (QED) is 0.639. The van der Waals surface area contributed by atoms with Gasteiger partial charge in [0.25, 0.3) is 5.91 Å². The fourth-order valence-electron chi connectivity index (χ4n) is 2.46. The van der Waals surface area contributed by atoms with Crippen LogP contribution in [0.2, 0.25) is 0 Å². The van der Waals surface area contributed by atoms with E-state index in [0.29, 0.717) is 18.1 Å². The van der Waals surface area contributed by atoms with Crippen molar-refractivity contribution >= 4 is 15.9 Å². The summed E-state index contributed by atoms with van der Waals surface area (Å²) in [5, 5.41) is 2.76. The number of para-hydroxylation sites is 2. The smallest absolute Gasteiger partial charge is 0.258 e. The number of hydrogen-bond acceptors (Lipinski definition) is 5. The molecule has 0 spiro atoms. The van der Waals surface area contributed by atoms with Gasteiger partial charge in [0, 0.05) is 19.6 Å². The van der Waals surface area contributed by atoms with Gasteiger partial charge in [-0.3, -0.25) is 4.79 Å². The molecule has 1 N–H and O–H groups in total. The summed E-state index contributed by atoms with van der Waals surface area (Å²) in [6.07, 6.45) is 0. The number of carbonyl (C=O) groups excluding carboxylic acids is 1. The first kappa shape index (κ1) is 22.7. The molecule has 29 heavy (non-hydrogen) atoms. The first-order valence-corrected chi connectivity index (χ1v) is 10.9. The normalized spacial score (nSPS) is 11.5. The van der Waals surface area contributed by atoms with Crippen molar-refractivity contribution in [3.8, 4) is 11.5 Å². The Morgan fingerprint density at radius 2 is 1.62 bits per heavy atom. The molecule has 0 saturated carbocycles. The van der Waals surface area contributed by atoms with Gasteiger partial charge in [0.15, 0.2) is 18.1 Å². The predicted molar refractivity (Wildman–Crippen MR) is 111 cm³/mol. The molecule has 2 aromatic carbocycles. The van der Waals surface area contributed by atoms with Crippen molar-refractivity contribution in [2.24, 2.45) is 0 Å². The third kappa shape index (κ3) is 6.20. The molecule has 7 nitrogen and oxygen atoms in total. The average molecular weight is 421 g/mol. The van der Waals surface area contributed by atoms with Gasteiger partial charge in [0.05, 0.1) is 11.5 Å². The molecule has 2 aromatic rings. The first-order chi connectivity index (χ1) is 13.8. The highest BCUT2D eigenvalue weighted by atomic mass is 32.2. The number of amides is 1. The summed E-state index contributed by atoms with van der Waals surface area (Å²) in [6.45, 7) is 6.14. The molecule has 0 radical (unpaired) electrons. The van der Waals surface area contributed by atoms with Gasteiger partial charge in [-0.05, 0) is 50.6 Å². The van der Waals surface area contributed by atoms with Crippen LogP contribution in [-0.2, 0) is 21.4 Å². The molecule has 0 atom stereocenters. The maximum Gasteiger partial charge on any atom is 0.258 e. The molecule has 0 fully saturated rings. The number of rotatable bonds is 10. The maximum atomic E-state index is 12.5. The zero-order valence-corrected chi connectivity index (χ0v) is 18.0. The van der Waals surface area contributed by atoms with Gasteiger partial charge >= 0.3 is 0 Å². The van der Waals surface area contributed by atoms with Crippen LogP contribution in [0.15, 0.2) is 53.4 Å². The van der Waals surface area contributed by atoms with E-state index in [9.17, 15) is 13.2 Å². The number of ether oxygens (including phenoxy) is 2. The number of nitrogens with one attached hydrogen (secondary N) is 1. The van der Waals surface area contributed by atoms with E-state index in [1.54, 1.807) is 43.4 Å². The highest BCUT2D eigenvalue weighted by Gasteiger charge is 2.22. The van der Waals surface area contributed by atoms with Gasteiger partial charge in [-0.1, -0.05) is 24.3 Å². The minimum absolute atomic E-state index is 0.133. The summed E-state index contributed by atoms with van der Waals surface area (Å²) in [5.74, 6) is 0.812. The summed E-state index contributed by atoms with van der Waals surface area (Å²) in [5.41, 5.74) is 0.791. The van der Waals surface area contributed by atoms with Crippen LogP contribution in [0.25, 0.3) is 0 Å². The van der Waals surface area contributed by atoms with Crippen molar-refractivity contribution in [2.45, 2.75) is 38.3 Å². The monoisotopic (exact) mass is 420 g/mol. The molecule has 2 rings (SSSR count). The van der Waals surface area contributed by atoms with E-state index in [1.807, 2.05) is 32.9 Å². The van der Waals surface area contributed by atoms with Crippen LogP contribution < -0.4 is 14.8 Å². The van der Waals surface area contributed by atoms with E-state index in [0.717, 1.165) is 5.56 Å². The fourth-order valence-corrected chi connectivity index (χ4v) is 3.83. The molecule has 158 valence electrons. The maximum absolute atomic E-state index is 12.5. The average Bonchev–Trinajstić information content (AvgIpc) is 2.71. The molecule has 0 bridgehead atoms. The van der Waals surface area contributed by atoms with Gasteiger partial charge in [-0.15, -0.1) is 0 Å². The van der Waals surface area contributed by atoms with Crippen LogP contribution in [0, 0.1) is 0 Å². The Kier molecular flexibility index (Phi) is 8.04. The van der Waals surface area contributed by atoms with Crippen LogP contribution >= 0.6 is 0 Å². The Hall–Kier alpha value is -2.58. The second kappa shape index (κ2) is 10.3. The van der Waals surface area contributed by atoms with Crippen LogP contribution in [0.4, 0.5) is 0 Å². The van der Waals surface area contributed by atoms with Crippen LogP contribution in [0.1, 0.15) is 26.3 Å². The second-order valence-corrected chi connectivity index (χ2v) is 8.70. The zero-order valence-electron chi connectivity index (χ0n) is 17.2. The summed E-state index contributed by atoms with van der Waals surface area (Å²) in [4.78, 5) is 12.3. The highest BCUT2D eigenvalue weighted by molar-refractivity contribution is 7.89. The van der Waals surface area contributed by atoms with Crippen molar-refractivity contribution in [1.29, 1.82) is 0 Å². The molecular weight excluding hydrogens is 392 g/mol. The van der Waals surface area contributed by atoms with E-state index in [1.165, 1.54) is 4.31 Å². The lowest BCUT2D eigenvalue weighted by atomic mass is 10.2. The lowest BCUT2D eigenvalue weighted by molar-refractivity contribution is -0.123. The topological polar surface area (TPSA) is 84.9 Å². The van der Waals surface area contributed by atoms with Gasteiger partial charge in [-0.2, -0.15) is 4.31 Å². The van der Waals surface area contributed by atoms with Crippen LogP contribution in [0.5, 0.6) is 11.5 Å². The standard InChI is InChI=1S/C21H28N2O5S/c1-5-27-19-8-6-7-9-20(19)28-15-21(24)22-14-17-10-12-18(13-11-17)29(25,26)23(4)16(2)3/h6-13,16H,5,14-15H2,1-4H3,(H,22,24). The molecule has 0 heterocycles. The fraction of sp³-hybridized carbons (Fsp3) is 0.381. The number of carbonyl (C=O) groups is 1. The van der Waals surface area contributed by atoms with E-state index in [4.69, 9.17) is 9.47 Å². The molecule has 8 heteroatoms. The Labute approximate surface area is 172 Å². The molecule has 1 amide bonds.